The lowest BCUT2D eigenvalue weighted by molar-refractivity contribution is 0.0526. The summed E-state index contributed by atoms with van der Waals surface area (Å²) in [6.07, 6.45) is 3.86. The van der Waals surface area contributed by atoms with Gasteiger partial charge in [0, 0.05) is 15.8 Å². The van der Waals surface area contributed by atoms with Crippen molar-refractivity contribution in [1.29, 1.82) is 0 Å². The topological polar surface area (TPSA) is 77.5 Å². The number of hydrogen-bond acceptors (Lipinski definition) is 6. The van der Waals surface area contributed by atoms with Gasteiger partial charge in [0.25, 0.3) is 5.91 Å². The number of nitrogens with one attached hydrogen (secondary N) is 1. The second-order valence-corrected chi connectivity index (χ2v) is 9.50. The number of aromatic nitrogens is 1. The summed E-state index contributed by atoms with van der Waals surface area (Å²) < 4.78 is 10.7. The predicted molar refractivity (Wildman–Crippen MR) is 139 cm³/mol. The van der Waals surface area contributed by atoms with Crippen molar-refractivity contribution in [3.05, 3.63) is 76.2 Å². The normalized spacial score (nSPS) is 12.7. The summed E-state index contributed by atoms with van der Waals surface area (Å²) in [6.45, 7) is 2.08. The molecular formula is C28H26N2O4S. The molecule has 5 rings (SSSR count). The van der Waals surface area contributed by atoms with Crippen molar-refractivity contribution in [2.75, 3.05) is 19.0 Å². The van der Waals surface area contributed by atoms with E-state index in [0.717, 1.165) is 47.1 Å². The zero-order valence-corrected chi connectivity index (χ0v) is 20.5. The Hall–Kier alpha value is -3.71. The van der Waals surface area contributed by atoms with Gasteiger partial charge < -0.3 is 14.8 Å². The first-order chi connectivity index (χ1) is 17.1. The Kier molecular flexibility index (Phi) is 6.51. The highest BCUT2D eigenvalue weighted by atomic mass is 32.1. The van der Waals surface area contributed by atoms with Crippen molar-refractivity contribution in [2.45, 2.75) is 32.6 Å². The van der Waals surface area contributed by atoms with E-state index in [2.05, 4.69) is 5.32 Å². The van der Waals surface area contributed by atoms with Crippen molar-refractivity contribution < 1.29 is 19.1 Å². The lowest BCUT2D eigenvalue weighted by Gasteiger charge is -2.13. The Balaban J connectivity index is 1.58. The Morgan fingerprint density at radius 3 is 2.71 bits per heavy atom. The number of rotatable bonds is 6. The molecule has 0 spiro atoms. The fourth-order valence-corrected chi connectivity index (χ4v) is 5.81. The summed E-state index contributed by atoms with van der Waals surface area (Å²) in [5, 5.41) is 4.35. The van der Waals surface area contributed by atoms with E-state index in [9.17, 15) is 9.59 Å². The molecule has 2 heterocycles. The summed E-state index contributed by atoms with van der Waals surface area (Å²) >= 11 is 1.49. The van der Waals surface area contributed by atoms with Crippen molar-refractivity contribution >= 4 is 39.1 Å². The molecule has 0 aliphatic heterocycles. The third-order valence-corrected chi connectivity index (χ3v) is 7.41. The molecular weight excluding hydrogens is 460 g/mol. The number of carbonyl (C=O) groups is 2. The number of ether oxygens (including phenoxy) is 2. The molecule has 0 fully saturated rings. The molecule has 2 aromatic heterocycles. The molecule has 6 nitrogen and oxygen atoms in total. The number of para-hydroxylation sites is 1. The first-order valence-corrected chi connectivity index (χ1v) is 12.6. The summed E-state index contributed by atoms with van der Waals surface area (Å²) in [7, 11) is 1.62. The van der Waals surface area contributed by atoms with Crippen molar-refractivity contribution in [2.24, 2.45) is 0 Å². The second kappa shape index (κ2) is 9.88. The molecule has 1 N–H and O–H groups in total. The molecule has 35 heavy (non-hydrogen) atoms. The molecule has 1 aliphatic carbocycles. The number of esters is 1. The van der Waals surface area contributed by atoms with Crippen molar-refractivity contribution in [1.82, 2.24) is 4.98 Å². The lowest BCUT2D eigenvalue weighted by Crippen LogP contribution is -2.16. The number of pyridine rings is 1. The van der Waals surface area contributed by atoms with Gasteiger partial charge in [0.05, 0.1) is 36.1 Å². The Bertz CT molecular complexity index is 1430. The van der Waals surface area contributed by atoms with Crippen molar-refractivity contribution in [3.63, 3.8) is 0 Å². The van der Waals surface area contributed by atoms with Gasteiger partial charge >= 0.3 is 5.97 Å². The van der Waals surface area contributed by atoms with Crippen LogP contribution in [-0.4, -0.2) is 30.6 Å². The maximum atomic E-state index is 13.7. The monoisotopic (exact) mass is 486 g/mol. The zero-order valence-electron chi connectivity index (χ0n) is 19.7. The number of thiophene rings is 1. The van der Waals surface area contributed by atoms with Crippen LogP contribution in [0.4, 0.5) is 5.00 Å². The van der Waals surface area contributed by atoms with E-state index in [1.165, 1.54) is 11.3 Å². The van der Waals surface area contributed by atoms with E-state index in [1.807, 2.05) is 48.5 Å². The largest absolute Gasteiger partial charge is 0.497 e. The maximum absolute atomic E-state index is 13.7. The number of methoxy groups -OCH3 is 1. The van der Waals surface area contributed by atoms with Crippen LogP contribution in [0.15, 0.2) is 54.6 Å². The van der Waals surface area contributed by atoms with E-state index in [0.29, 0.717) is 33.1 Å². The number of amides is 1. The molecule has 2 aromatic carbocycles. The van der Waals surface area contributed by atoms with Crippen LogP contribution in [0, 0.1) is 0 Å². The number of anilines is 1. The standard InChI is InChI=1S/C28H26N2O4S/c1-3-34-28(32)25-20-12-5-7-14-24(20)35-27(25)30-26(31)21-16-23(17-9-8-10-18(15-17)33-2)29-22-13-6-4-11-19(21)22/h4,6,8-11,13,15-16H,3,5,7,12,14H2,1-2H3,(H,30,31). The van der Waals surface area contributed by atoms with E-state index >= 15 is 0 Å². The van der Waals surface area contributed by atoms with E-state index in [-0.39, 0.29) is 18.5 Å². The minimum absolute atomic E-state index is 0.281. The highest BCUT2D eigenvalue weighted by molar-refractivity contribution is 7.17. The lowest BCUT2D eigenvalue weighted by atomic mass is 9.95. The number of aryl methyl sites for hydroxylation is 1. The molecule has 0 radical (unpaired) electrons. The van der Waals surface area contributed by atoms with E-state index in [4.69, 9.17) is 14.5 Å². The molecule has 4 aromatic rings. The van der Waals surface area contributed by atoms with Gasteiger partial charge in [-0.15, -0.1) is 11.3 Å². The van der Waals surface area contributed by atoms with Crippen molar-refractivity contribution in [3.8, 4) is 17.0 Å². The third-order valence-electron chi connectivity index (χ3n) is 6.20. The van der Waals surface area contributed by atoms with Crippen LogP contribution in [0.5, 0.6) is 5.75 Å². The molecule has 0 bridgehead atoms. The minimum atomic E-state index is -0.376. The van der Waals surface area contributed by atoms with Gasteiger partial charge in [-0.25, -0.2) is 9.78 Å². The molecule has 0 saturated heterocycles. The van der Waals surface area contributed by atoms with Gasteiger partial charge in [-0.2, -0.15) is 0 Å². The number of benzene rings is 2. The van der Waals surface area contributed by atoms with Crippen LogP contribution < -0.4 is 10.1 Å². The first-order valence-electron chi connectivity index (χ1n) is 11.8. The number of carbonyl (C=O) groups excluding carboxylic acids is 2. The van der Waals surface area contributed by atoms with Gasteiger partial charge in [0.15, 0.2) is 0 Å². The quantitative estimate of drug-likeness (QED) is 0.325. The average Bonchev–Trinajstić information content (AvgIpc) is 3.26. The Labute approximate surface area is 207 Å². The highest BCUT2D eigenvalue weighted by Crippen LogP contribution is 2.39. The Morgan fingerprint density at radius 1 is 1.06 bits per heavy atom. The second-order valence-electron chi connectivity index (χ2n) is 8.39. The summed E-state index contributed by atoms with van der Waals surface area (Å²) in [5.41, 5.74) is 4.26. The predicted octanol–water partition coefficient (Wildman–Crippen LogP) is 6.28. The molecule has 7 heteroatoms. The smallest absolute Gasteiger partial charge is 0.341 e. The molecule has 1 amide bonds. The molecule has 0 unspecified atom stereocenters. The van der Waals surface area contributed by atoms with E-state index < -0.39 is 0 Å². The van der Waals surface area contributed by atoms with Gasteiger partial charge in [-0.1, -0.05) is 30.3 Å². The SMILES string of the molecule is CCOC(=O)c1c(NC(=O)c2cc(-c3cccc(OC)c3)nc3ccccc23)sc2c1CCCC2. The Morgan fingerprint density at radius 2 is 1.89 bits per heavy atom. The van der Waals surface area contributed by atoms with Crippen LogP contribution in [0.25, 0.3) is 22.2 Å². The third kappa shape index (κ3) is 4.51. The average molecular weight is 487 g/mol. The van der Waals surface area contributed by atoms with Gasteiger partial charge in [0.1, 0.15) is 10.8 Å². The number of hydrogen-bond donors (Lipinski definition) is 1. The van der Waals surface area contributed by atoms with Crippen LogP contribution in [0.1, 0.15) is 50.9 Å². The van der Waals surface area contributed by atoms with Gasteiger partial charge in [-0.3, -0.25) is 4.79 Å². The van der Waals surface area contributed by atoms with Gasteiger partial charge in [0.2, 0.25) is 0 Å². The molecule has 0 atom stereocenters. The van der Waals surface area contributed by atoms with Crippen LogP contribution in [0.3, 0.4) is 0 Å². The molecule has 0 saturated carbocycles. The van der Waals surface area contributed by atoms with Crippen LogP contribution >= 0.6 is 11.3 Å². The number of fused-ring (bicyclic) bond motifs is 2. The summed E-state index contributed by atoms with van der Waals surface area (Å²) in [6, 6.07) is 17.0. The summed E-state index contributed by atoms with van der Waals surface area (Å²) in [5.74, 6) is 0.0578. The molecule has 1 aliphatic rings. The summed E-state index contributed by atoms with van der Waals surface area (Å²) in [4.78, 5) is 32.5. The van der Waals surface area contributed by atoms with Crippen LogP contribution in [0.2, 0.25) is 0 Å². The van der Waals surface area contributed by atoms with E-state index in [1.54, 1.807) is 20.1 Å². The van der Waals surface area contributed by atoms with Crippen LogP contribution in [-0.2, 0) is 17.6 Å². The zero-order chi connectivity index (χ0) is 24.4. The fraction of sp³-hybridized carbons (Fsp3) is 0.250. The molecule has 178 valence electrons. The maximum Gasteiger partial charge on any atom is 0.341 e. The fourth-order valence-electron chi connectivity index (χ4n) is 4.54. The highest BCUT2D eigenvalue weighted by Gasteiger charge is 2.28. The van der Waals surface area contributed by atoms with Gasteiger partial charge in [-0.05, 0) is 62.4 Å². The first kappa shape index (κ1) is 23.1. The minimum Gasteiger partial charge on any atom is -0.497 e. The number of nitrogens with zero attached hydrogens (tertiary/aromatic N) is 1.